The quantitative estimate of drug-likeness (QED) is 0.623. The summed E-state index contributed by atoms with van der Waals surface area (Å²) in [4.78, 5) is 24.1. The molecule has 1 aliphatic heterocycles. The van der Waals surface area contributed by atoms with Gasteiger partial charge in [-0.2, -0.15) is 22.7 Å². The van der Waals surface area contributed by atoms with Crippen LogP contribution < -0.4 is 5.32 Å². The van der Waals surface area contributed by atoms with Gasteiger partial charge in [-0.05, 0) is 27.6 Å². The number of H-pyrrole nitrogens is 1. The molecular formula is C14H12N2O2S2. The zero-order chi connectivity index (χ0) is 14.2. The Morgan fingerprint density at radius 2 is 1.40 bits per heavy atom. The van der Waals surface area contributed by atoms with Crippen LogP contribution in [0.5, 0.6) is 0 Å². The number of hydrogen-bond acceptors (Lipinski definition) is 4. The maximum atomic E-state index is 10.8. The Hall–Kier alpha value is -2.18. The number of carbonyl (C=O) groups excluding carboxylic acids is 2. The third-order valence-corrected chi connectivity index (χ3v) is 3.54. The Morgan fingerprint density at radius 1 is 0.850 bits per heavy atom. The number of nitrogens with one attached hydrogen (secondary N) is 2. The zero-order valence-corrected chi connectivity index (χ0v) is 12.0. The van der Waals surface area contributed by atoms with Crippen molar-refractivity contribution in [1.29, 1.82) is 0 Å². The monoisotopic (exact) mass is 304 g/mol. The first kappa shape index (κ1) is 14.2. The Morgan fingerprint density at radius 3 is 1.80 bits per heavy atom. The average molecular weight is 304 g/mol. The molecule has 4 heterocycles. The van der Waals surface area contributed by atoms with E-state index in [0.717, 1.165) is 0 Å². The molecule has 1 aliphatic rings. The lowest BCUT2D eigenvalue weighted by molar-refractivity contribution is -0.112. The predicted octanol–water partition coefficient (Wildman–Crippen LogP) is 3.65. The summed E-state index contributed by atoms with van der Waals surface area (Å²) in [5.41, 5.74) is 0.944. The van der Waals surface area contributed by atoms with Crippen molar-refractivity contribution in [1.82, 2.24) is 4.98 Å². The molecule has 102 valence electrons. The van der Waals surface area contributed by atoms with Crippen LogP contribution in [0.2, 0.25) is 0 Å². The van der Waals surface area contributed by atoms with Crippen molar-refractivity contribution >= 4 is 40.1 Å². The van der Waals surface area contributed by atoms with Gasteiger partial charge in [0.2, 0.25) is 0 Å². The number of ketones is 1. The highest BCUT2D eigenvalue weighted by Gasteiger charge is 2.28. The van der Waals surface area contributed by atoms with Gasteiger partial charge in [0.25, 0.3) is 11.7 Å². The molecule has 3 aromatic rings. The average Bonchev–Trinajstić information content (AvgIpc) is 3.20. The first-order chi connectivity index (χ1) is 9.79. The number of Topliss-reactive ketones (excluding diaryl/α,β-unsaturated/α-hetero) is 1. The van der Waals surface area contributed by atoms with E-state index in [1.807, 2.05) is 45.8 Å². The number of fused-ring (bicyclic) bond motifs is 1. The van der Waals surface area contributed by atoms with E-state index >= 15 is 0 Å². The summed E-state index contributed by atoms with van der Waals surface area (Å²) in [5, 5.41) is 10.6. The van der Waals surface area contributed by atoms with E-state index < -0.39 is 11.7 Å². The van der Waals surface area contributed by atoms with E-state index in [1.165, 1.54) is 0 Å². The molecule has 4 rings (SSSR count). The van der Waals surface area contributed by atoms with Gasteiger partial charge in [-0.3, -0.25) is 9.59 Å². The smallest absolute Gasteiger partial charge is 0.298 e. The fourth-order valence-electron chi connectivity index (χ4n) is 1.41. The summed E-state index contributed by atoms with van der Waals surface area (Å²) in [7, 11) is 0. The van der Waals surface area contributed by atoms with Crippen LogP contribution in [0, 0.1) is 0 Å². The van der Waals surface area contributed by atoms with Crippen LogP contribution in [0.4, 0.5) is 5.69 Å². The van der Waals surface area contributed by atoms with E-state index in [-0.39, 0.29) is 0 Å². The molecule has 2 N–H and O–H groups in total. The predicted molar refractivity (Wildman–Crippen MR) is 82.4 cm³/mol. The minimum Gasteiger partial charge on any atom is -0.357 e. The molecular weight excluding hydrogens is 292 g/mol. The molecule has 3 aromatic heterocycles. The topological polar surface area (TPSA) is 62.0 Å². The number of hydrogen-bond donors (Lipinski definition) is 2. The first-order valence-electron chi connectivity index (χ1n) is 5.76. The summed E-state index contributed by atoms with van der Waals surface area (Å²) in [5.74, 6) is -1.04. The van der Waals surface area contributed by atoms with Crippen LogP contribution in [-0.4, -0.2) is 16.7 Å². The minimum atomic E-state index is -0.554. The highest BCUT2D eigenvalue weighted by Crippen LogP contribution is 2.19. The van der Waals surface area contributed by atoms with Gasteiger partial charge in [0.1, 0.15) is 5.69 Å². The maximum Gasteiger partial charge on any atom is 0.298 e. The highest BCUT2D eigenvalue weighted by atomic mass is 32.1. The number of aromatic amines is 1. The van der Waals surface area contributed by atoms with Gasteiger partial charge in [0, 0.05) is 6.20 Å². The summed E-state index contributed by atoms with van der Waals surface area (Å²) < 4.78 is 0. The Balaban J connectivity index is 0.000000124. The molecule has 0 aromatic carbocycles. The van der Waals surface area contributed by atoms with Crippen molar-refractivity contribution in [3.63, 3.8) is 0 Å². The number of rotatable bonds is 0. The Labute approximate surface area is 124 Å². The van der Waals surface area contributed by atoms with E-state index in [9.17, 15) is 9.59 Å². The minimum absolute atomic E-state index is 0.366. The van der Waals surface area contributed by atoms with Crippen LogP contribution >= 0.6 is 22.7 Å². The normalized spacial score (nSPS) is 11.6. The van der Waals surface area contributed by atoms with Crippen molar-refractivity contribution in [2.24, 2.45) is 0 Å². The second kappa shape index (κ2) is 7.42. The standard InChI is InChI=1S/C6H4N2O2.2C4H4S/c9-5-4-3(1-2-7-4)8-6(5)10;2*1-2-4-5-3-1/h1-2,7H,(H,8,9,10);2*1-4H. The number of anilines is 1. The van der Waals surface area contributed by atoms with Crippen LogP contribution in [0.1, 0.15) is 10.5 Å². The van der Waals surface area contributed by atoms with Gasteiger partial charge in [0.05, 0.1) is 5.69 Å². The van der Waals surface area contributed by atoms with E-state index in [1.54, 1.807) is 34.9 Å². The van der Waals surface area contributed by atoms with Crippen LogP contribution in [0.3, 0.4) is 0 Å². The van der Waals surface area contributed by atoms with E-state index in [2.05, 4.69) is 10.3 Å². The second-order valence-electron chi connectivity index (χ2n) is 3.64. The zero-order valence-electron chi connectivity index (χ0n) is 10.4. The highest BCUT2D eigenvalue weighted by molar-refractivity contribution is 7.08. The van der Waals surface area contributed by atoms with Gasteiger partial charge in [-0.15, -0.1) is 0 Å². The van der Waals surface area contributed by atoms with Gasteiger partial charge < -0.3 is 10.3 Å². The van der Waals surface area contributed by atoms with Crippen molar-refractivity contribution in [3.8, 4) is 0 Å². The van der Waals surface area contributed by atoms with Crippen LogP contribution in [0.25, 0.3) is 0 Å². The van der Waals surface area contributed by atoms with Crippen molar-refractivity contribution in [2.45, 2.75) is 0 Å². The van der Waals surface area contributed by atoms with Crippen molar-refractivity contribution in [2.75, 3.05) is 5.32 Å². The SMILES string of the molecule is O=C1Nc2cc[nH]c2C1=O.c1ccsc1.c1ccsc1. The molecule has 0 fully saturated rings. The summed E-state index contributed by atoms with van der Waals surface area (Å²) in [6.07, 6.45) is 1.61. The van der Waals surface area contributed by atoms with Crippen molar-refractivity contribution < 1.29 is 9.59 Å². The Bertz CT molecular complexity index is 582. The van der Waals surface area contributed by atoms with Crippen LogP contribution in [0.15, 0.2) is 58.0 Å². The molecule has 0 unspecified atom stereocenters. The van der Waals surface area contributed by atoms with Gasteiger partial charge in [0.15, 0.2) is 0 Å². The summed E-state index contributed by atoms with van der Waals surface area (Å²) in [6, 6.07) is 9.73. The molecule has 20 heavy (non-hydrogen) atoms. The lowest BCUT2D eigenvalue weighted by Crippen LogP contribution is -2.13. The van der Waals surface area contributed by atoms with Gasteiger partial charge >= 0.3 is 0 Å². The first-order valence-corrected chi connectivity index (χ1v) is 7.65. The third-order valence-electron chi connectivity index (χ3n) is 2.28. The Kier molecular flexibility index (Phi) is 5.28. The second-order valence-corrected chi connectivity index (χ2v) is 5.27. The number of amides is 1. The maximum absolute atomic E-state index is 10.8. The van der Waals surface area contributed by atoms with Crippen LogP contribution in [-0.2, 0) is 4.79 Å². The molecule has 6 heteroatoms. The molecule has 0 aliphatic carbocycles. The number of thiophene rings is 2. The van der Waals surface area contributed by atoms with Crippen molar-refractivity contribution in [3.05, 3.63) is 63.7 Å². The van der Waals surface area contributed by atoms with E-state index in [0.29, 0.717) is 11.4 Å². The molecule has 0 spiro atoms. The fraction of sp³-hybridized carbons (Fsp3) is 0. The fourth-order valence-corrected chi connectivity index (χ4v) is 2.31. The third kappa shape index (κ3) is 3.91. The molecule has 1 amide bonds. The summed E-state index contributed by atoms with van der Waals surface area (Å²) in [6.45, 7) is 0. The molecule has 0 saturated carbocycles. The lowest BCUT2D eigenvalue weighted by atomic mass is 10.3. The molecule has 0 radical (unpaired) electrons. The lowest BCUT2D eigenvalue weighted by Gasteiger charge is -1.83. The largest absolute Gasteiger partial charge is 0.357 e. The van der Waals surface area contributed by atoms with Gasteiger partial charge in [-0.1, -0.05) is 24.3 Å². The molecule has 0 atom stereocenters. The van der Waals surface area contributed by atoms with Gasteiger partial charge in [-0.25, -0.2) is 0 Å². The summed E-state index contributed by atoms with van der Waals surface area (Å²) >= 11 is 3.43. The number of aromatic nitrogens is 1. The number of carbonyl (C=O) groups is 2. The molecule has 0 bridgehead atoms. The molecule has 0 saturated heterocycles. The van der Waals surface area contributed by atoms with E-state index in [4.69, 9.17) is 0 Å². The molecule has 4 nitrogen and oxygen atoms in total.